The van der Waals surface area contributed by atoms with Crippen molar-refractivity contribution in [1.82, 2.24) is 10.2 Å². The van der Waals surface area contributed by atoms with Crippen LogP contribution in [0.1, 0.15) is 18.6 Å². The van der Waals surface area contributed by atoms with Gasteiger partial charge in [0.1, 0.15) is 0 Å². The molecule has 3 heteroatoms. The van der Waals surface area contributed by atoms with E-state index in [4.69, 9.17) is 0 Å². The van der Waals surface area contributed by atoms with Gasteiger partial charge in [0.05, 0.1) is 11.8 Å². The van der Waals surface area contributed by atoms with Crippen LogP contribution in [0.15, 0.2) is 60.8 Å². The van der Waals surface area contributed by atoms with E-state index in [0.717, 1.165) is 27.9 Å². The van der Waals surface area contributed by atoms with Crippen molar-refractivity contribution in [3.8, 4) is 22.4 Å². The van der Waals surface area contributed by atoms with Gasteiger partial charge in [-0.05, 0) is 35.2 Å². The number of rotatable bonds is 3. The van der Waals surface area contributed by atoms with E-state index in [2.05, 4.69) is 34.5 Å². The molecule has 0 amide bonds. The maximum absolute atomic E-state index is 9.52. The summed E-state index contributed by atoms with van der Waals surface area (Å²) in [5.74, 6) is 0. The van der Waals surface area contributed by atoms with Crippen LogP contribution in [0.25, 0.3) is 22.4 Å². The topological polar surface area (TPSA) is 48.9 Å². The number of hydrogen-bond acceptors (Lipinski definition) is 2. The standard InChI is InChI=1S/C17H16N2O/c1-12(20)13-2-4-14(5-3-13)15-6-8-16(9-7-15)17-10-11-18-19-17/h2-12,20H,1H3,(H,18,19). The van der Waals surface area contributed by atoms with E-state index in [0.29, 0.717) is 0 Å². The van der Waals surface area contributed by atoms with Crippen LogP contribution in [0.2, 0.25) is 0 Å². The number of aliphatic hydroxyl groups excluding tert-OH is 1. The Kier molecular flexibility index (Phi) is 3.35. The molecule has 3 aromatic rings. The highest BCUT2D eigenvalue weighted by Gasteiger charge is 2.03. The second-order valence-electron chi connectivity index (χ2n) is 4.85. The molecule has 3 nitrogen and oxygen atoms in total. The second kappa shape index (κ2) is 5.31. The number of nitrogens with one attached hydrogen (secondary N) is 1. The van der Waals surface area contributed by atoms with Crippen LogP contribution < -0.4 is 0 Å². The average molecular weight is 264 g/mol. The van der Waals surface area contributed by atoms with Crippen LogP contribution in [0, 0.1) is 0 Å². The van der Waals surface area contributed by atoms with Gasteiger partial charge in [-0.15, -0.1) is 0 Å². The highest BCUT2D eigenvalue weighted by Crippen LogP contribution is 2.25. The van der Waals surface area contributed by atoms with Gasteiger partial charge < -0.3 is 5.11 Å². The molecule has 0 aliphatic rings. The zero-order chi connectivity index (χ0) is 13.9. The van der Waals surface area contributed by atoms with E-state index in [1.54, 1.807) is 13.1 Å². The third-order valence-electron chi connectivity index (χ3n) is 3.42. The average Bonchev–Trinajstić information content (AvgIpc) is 3.02. The molecule has 0 fully saturated rings. The first-order valence-corrected chi connectivity index (χ1v) is 6.62. The van der Waals surface area contributed by atoms with Crippen molar-refractivity contribution in [2.45, 2.75) is 13.0 Å². The van der Waals surface area contributed by atoms with Gasteiger partial charge in [0, 0.05) is 6.20 Å². The fraction of sp³-hybridized carbons (Fsp3) is 0.118. The van der Waals surface area contributed by atoms with E-state index < -0.39 is 6.10 Å². The van der Waals surface area contributed by atoms with E-state index >= 15 is 0 Å². The molecule has 2 aromatic carbocycles. The highest BCUT2D eigenvalue weighted by molar-refractivity contribution is 5.68. The Bertz CT molecular complexity index is 668. The summed E-state index contributed by atoms with van der Waals surface area (Å²) >= 11 is 0. The molecule has 0 aliphatic heterocycles. The van der Waals surface area contributed by atoms with Crippen molar-refractivity contribution < 1.29 is 5.11 Å². The maximum Gasteiger partial charge on any atom is 0.0761 e. The summed E-state index contributed by atoms with van der Waals surface area (Å²) in [6.07, 6.45) is 1.32. The largest absolute Gasteiger partial charge is 0.389 e. The quantitative estimate of drug-likeness (QED) is 0.756. The summed E-state index contributed by atoms with van der Waals surface area (Å²) in [6, 6.07) is 18.3. The molecule has 0 saturated carbocycles. The Labute approximate surface area is 117 Å². The van der Waals surface area contributed by atoms with Gasteiger partial charge in [0.15, 0.2) is 0 Å². The second-order valence-corrected chi connectivity index (χ2v) is 4.85. The van der Waals surface area contributed by atoms with Crippen LogP contribution >= 0.6 is 0 Å². The zero-order valence-electron chi connectivity index (χ0n) is 11.2. The molecule has 1 heterocycles. The molecule has 3 rings (SSSR count). The van der Waals surface area contributed by atoms with Crippen molar-refractivity contribution in [3.63, 3.8) is 0 Å². The number of nitrogens with zero attached hydrogens (tertiary/aromatic N) is 1. The minimum atomic E-state index is -0.424. The van der Waals surface area contributed by atoms with E-state index in [1.165, 1.54) is 0 Å². The molecule has 0 saturated heterocycles. The normalized spacial score (nSPS) is 12.3. The Balaban J connectivity index is 1.87. The monoisotopic (exact) mass is 264 g/mol. The fourth-order valence-corrected chi connectivity index (χ4v) is 2.21. The lowest BCUT2D eigenvalue weighted by atomic mass is 10.0. The first kappa shape index (κ1) is 12.6. The number of H-pyrrole nitrogens is 1. The van der Waals surface area contributed by atoms with E-state index in [-0.39, 0.29) is 0 Å². The Morgan fingerprint density at radius 3 is 1.90 bits per heavy atom. The molecular formula is C17H16N2O. The Morgan fingerprint density at radius 1 is 0.850 bits per heavy atom. The predicted octanol–water partition coefficient (Wildman–Crippen LogP) is 3.80. The molecule has 1 unspecified atom stereocenters. The first-order chi connectivity index (χ1) is 9.74. The minimum Gasteiger partial charge on any atom is -0.389 e. The Morgan fingerprint density at radius 2 is 1.40 bits per heavy atom. The van der Waals surface area contributed by atoms with Crippen molar-refractivity contribution in [1.29, 1.82) is 0 Å². The highest BCUT2D eigenvalue weighted by atomic mass is 16.3. The lowest BCUT2D eigenvalue weighted by molar-refractivity contribution is 0.199. The molecule has 100 valence electrons. The molecule has 1 aromatic heterocycles. The molecular weight excluding hydrogens is 248 g/mol. The number of benzene rings is 2. The lowest BCUT2D eigenvalue weighted by Crippen LogP contribution is -1.90. The molecule has 0 aliphatic carbocycles. The van der Waals surface area contributed by atoms with Crippen molar-refractivity contribution in [2.24, 2.45) is 0 Å². The number of aromatic amines is 1. The first-order valence-electron chi connectivity index (χ1n) is 6.62. The molecule has 0 radical (unpaired) electrons. The van der Waals surface area contributed by atoms with Crippen LogP contribution in [-0.2, 0) is 0 Å². The summed E-state index contributed by atoms with van der Waals surface area (Å²) in [4.78, 5) is 0. The van der Waals surface area contributed by atoms with Gasteiger partial charge in [-0.25, -0.2) is 0 Å². The van der Waals surface area contributed by atoms with Crippen LogP contribution in [0.5, 0.6) is 0 Å². The van der Waals surface area contributed by atoms with Crippen LogP contribution in [0.4, 0.5) is 0 Å². The van der Waals surface area contributed by atoms with Gasteiger partial charge in [0.25, 0.3) is 0 Å². The van der Waals surface area contributed by atoms with Crippen LogP contribution in [-0.4, -0.2) is 15.3 Å². The number of hydrogen-bond donors (Lipinski definition) is 2. The van der Waals surface area contributed by atoms with Gasteiger partial charge in [-0.3, -0.25) is 5.10 Å². The Hall–Kier alpha value is -2.39. The lowest BCUT2D eigenvalue weighted by Gasteiger charge is -2.07. The number of aliphatic hydroxyl groups is 1. The molecule has 1 atom stereocenters. The van der Waals surface area contributed by atoms with E-state index in [9.17, 15) is 5.11 Å². The van der Waals surface area contributed by atoms with Crippen LogP contribution in [0.3, 0.4) is 0 Å². The summed E-state index contributed by atoms with van der Waals surface area (Å²) in [6.45, 7) is 1.77. The van der Waals surface area contributed by atoms with E-state index in [1.807, 2.05) is 30.3 Å². The third-order valence-corrected chi connectivity index (χ3v) is 3.42. The van der Waals surface area contributed by atoms with Crippen molar-refractivity contribution >= 4 is 0 Å². The molecule has 0 bridgehead atoms. The molecule has 2 N–H and O–H groups in total. The zero-order valence-corrected chi connectivity index (χ0v) is 11.2. The number of aromatic nitrogens is 2. The minimum absolute atomic E-state index is 0.424. The van der Waals surface area contributed by atoms with Gasteiger partial charge in [-0.1, -0.05) is 48.5 Å². The fourth-order valence-electron chi connectivity index (χ4n) is 2.21. The van der Waals surface area contributed by atoms with Gasteiger partial charge in [-0.2, -0.15) is 5.10 Å². The predicted molar refractivity (Wildman–Crippen MR) is 80.1 cm³/mol. The van der Waals surface area contributed by atoms with Gasteiger partial charge in [0.2, 0.25) is 0 Å². The summed E-state index contributed by atoms with van der Waals surface area (Å²) in [7, 11) is 0. The molecule has 0 spiro atoms. The SMILES string of the molecule is CC(O)c1ccc(-c2ccc(-c3ccn[nH]3)cc2)cc1. The summed E-state index contributed by atoms with van der Waals surface area (Å²) < 4.78 is 0. The van der Waals surface area contributed by atoms with Gasteiger partial charge >= 0.3 is 0 Å². The van der Waals surface area contributed by atoms with Crippen molar-refractivity contribution in [2.75, 3.05) is 0 Å². The third kappa shape index (κ3) is 2.49. The smallest absolute Gasteiger partial charge is 0.0761 e. The summed E-state index contributed by atoms with van der Waals surface area (Å²) in [5, 5.41) is 16.4. The summed E-state index contributed by atoms with van der Waals surface area (Å²) in [5.41, 5.74) is 5.37. The molecule has 20 heavy (non-hydrogen) atoms. The maximum atomic E-state index is 9.52. The van der Waals surface area contributed by atoms with Crippen molar-refractivity contribution in [3.05, 3.63) is 66.4 Å².